The Bertz CT molecular complexity index is 284. The number of halogens is 3. The maximum Gasteiger partial charge on any atom is 0.356 e. The molecule has 0 heterocycles. The summed E-state index contributed by atoms with van der Waals surface area (Å²) in [6.45, 7) is 0. The molecule has 0 spiro atoms. The van der Waals surface area contributed by atoms with Crippen molar-refractivity contribution in [3.05, 3.63) is 30.3 Å². The summed E-state index contributed by atoms with van der Waals surface area (Å²) in [6.07, 6.45) is 0. The van der Waals surface area contributed by atoms with Crippen molar-refractivity contribution in [2.45, 2.75) is 3.79 Å². The molecule has 1 aromatic carbocycles. The van der Waals surface area contributed by atoms with E-state index in [-0.39, 0.29) is 0 Å². The van der Waals surface area contributed by atoms with E-state index in [9.17, 15) is 4.79 Å². The van der Waals surface area contributed by atoms with Crippen LogP contribution in [0.2, 0.25) is 0 Å². The van der Waals surface area contributed by atoms with Gasteiger partial charge in [0.25, 0.3) is 3.79 Å². The van der Waals surface area contributed by atoms with Gasteiger partial charge < -0.3 is 10.8 Å². The summed E-state index contributed by atoms with van der Waals surface area (Å²) in [5.74, 6) is -1.46. The van der Waals surface area contributed by atoms with Gasteiger partial charge in [0.15, 0.2) is 0 Å². The van der Waals surface area contributed by atoms with Crippen LogP contribution >= 0.6 is 34.8 Å². The van der Waals surface area contributed by atoms with Crippen molar-refractivity contribution < 1.29 is 9.90 Å². The predicted octanol–water partition coefficient (Wildman–Crippen LogP) is 2.71. The largest absolute Gasteiger partial charge is 0.478 e. The number of hydrogen-bond acceptors (Lipinski definition) is 2. The van der Waals surface area contributed by atoms with Crippen molar-refractivity contribution in [1.82, 2.24) is 0 Å². The van der Waals surface area contributed by atoms with Gasteiger partial charge in [-0.1, -0.05) is 53.0 Å². The molecule has 0 aliphatic heterocycles. The first-order valence-electron chi connectivity index (χ1n) is 3.44. The fourth-order valence-electron chi connectivity index (χ4n) is 0.453. The lowest BCUT2D eigenvalue weighted by Crippen LogP contribution is -2.16. The maximum atomic E-state index is 9.62. The average Bonchev–Trinajstić information content (AvgIpc) is 2.04. The summed E-state index contributed by atoms with van der Waals surface area (Å²) >= 11 is 14.4. The average molecular weight is 257 g/mol. The van der Waals surface area contributed by atoms with E-state index in [0.717, 1.165) is 5.69 Å². The first-order chi connectivity index (χ1) is 6.34. The Balaban J connectivity index is 0.000000241. The zero-order valence-corrected chi connectivity index (χ0v) is 9.22. The molecule has 0 bridgehead atoms. The zero-order valence-electron chi connectivity index (χ0n) is 6.95. The van der Waals surface area contributed by atoms with Gasteiger partial charge in [-0.3, -0.25) is 0 Å². The molecule has 0 amide bonds. The monoisotopic (exact) mass is 255 g/mol. The Labute approximate surface area is 96.4 Å². The van der Waals surface area contributed by atoms with Crippen LogP contribution in [0.4, 0.5) is 5.69 Å². The number of hydrogen-bond donors (Lipinski definition) is 2. The van der Waals surface area contributed by atoms with Gasteiger partial charge >= 0.3 is 5.97 Å². The lowest BCUT2D eigenvalue weighted by molar-refractivity contribution is -0.135. The summed E-state index contributed by atoms with van der Waals surface area (Å²) in [6, 6.07) is 9.49. The number of nitrogens with two attached hydrogens (primary N) is 1. The molecule has 14 heavy (non-hydrogen) atoms. The van der Waals surface area contributed by atoms with Gasteiger partial charge in [-0.25, -0.2) is 4.79 Å². The Morgan fingerprint density at radius 2 is 1.57 bits per heavy atom. The van der Waals surface area contributed by atoms with Gasteiger partial charge in [0.05, 0.1) is 0 Å². The van der Waals surface area contributed by atoms with Gasteiger partial charge in [-0.05, 0) is 12.1 Å². The van der Waals surface area contributed by atoms with E-state index in [1.807, 2.05) is 30.3 Å². The van der Waals surface area contributed by atoms with Crippen molar-refractivity contribution in [2.75, 3.05) is 5.73 Å². The topological polar surface area (TPSA) is 63.3 Å². The van der Waals surface area contributed by atoms with E-state index >= 15 is 0 Å². The zero-order chi connectivity index (χ0) is 11.2. The summed E-state index contributed by atoms with van der Waals surface area (Å²) in [7, 11) is 0. The molecule has 0 saturated carbocycles. The Hall–Kier alpha value is -0.640. The third-order valence-corrected chi connectivity index (χ3v) is 1.53. The van der Waals surface area contributed by atoms with E-state index in [2.05, 4.69) is 0 Å². The fraction of sp³-hybridized carbons (Fsp3) is 0.125. The number of aliphatic carboxylic acids is 1. The minimum absolute atomic E-state index is 0.822. The van der Waals surface area contributed by atoms with Crippen LogP contribution in [0.15, 0.2) is 30.3 Å². The number of nitrogen functional groups attached to an aromatic ring is 1. The first-order valence-corrected chi connectivity index (χ1v) is 4.58. The molecule has 6 heteroatoms. The van der Waals surface area contributed by atoms with Crippen LogP contribution in [0, 0.1) is 0 Å². The van der Waals surface area contributed by atoms with Crippen molar-refractivity contribution in [3.8, 4) is 0 Å². The van der Waals surface area contributed by atoms with Crippen LogP contribution in [-0.4, -0.2) is 14.9 Å². The number of para-hydroxylation sites is 1. The van der Waals surface area contributed by atoms with Gasteiger partial charge in [0.2, 0.25) is 0 Å². The van der Waals surface area contributed by atoms with E-state index in [0.29, 0.717) is 0 Å². The lowest BCUT2D eigenvalue weighted by atomic mass is 10.3. The molecule has 0 saturated heterocycles. The molecule has 0 aliphatic rings. The molecule has 3 nitrogen and oxygen atoms in total. The van der Waals surface area contributed by atoms with Gasteiger partial charge in [0, 0.05) is 5.69 Å². The highest BCUT2D eigenvalue weighted by atomic mass is 35.6. The molecular weight excluding hydrogens is 248 g/mol. The molecule has 78 valence electrons. The molecule has 3 N–H and O–H groups in total. The molecule has 0 aliphatic carbocycles. The Morgan fingerprint density at radius 1 is 1.21 bits per heavy atom. The summed E-state index contributed by atoms with van der Waals surface area (Å²) in [4.78, 5) is 9.62. The molecule has 1 rings (SSSR count). The molecule has 0 atom stereocenters. The molecule has 0 fully saturated rings. The van der Waals surface area contributed by atoms with Crippen LogP contribution in [0.5, 0.6) is 0 Å². The third-order valence-electron chi connectivity index (χ3n) is 1.04. The third kappa shape index (κ3) is 6.83. The van der Waals surface area contributed by atoms with Gasteiger partial charge in [-0.2, -0.15) is 0 Å². The molecule has 0 radical (unpaired) electrons. The summed E-state index contributed by atoms with van der Waals surface area (Å²) in [5.41, 5.74) is 6.18. The highest BCUT2D eigenvalue weighted by Gasteiger charge is 2.29. The summed E-state index contributed by atoms with van der Waals surface area (Å²) in [5, 5.41) is 7.85. The van der Waals surface area contributed by atoms with E-state index in [4.69, 9.17) is 45.6 Å². The first kappa shape index (κ1) is 13.4. The smallest absolute Gasteiger partial charge is 0.356 e. The quantitative estimate of drug-likeness (QED) is 0.554. The number of alkyl halides is 3. The standard InChI is InChI=1S/C6H7N.C2HCl3O2/c7-6-4-2-1-3-5-6;3-2(4,5)1(6)7/h1-5H,7H2;(H,6,7). The van der Waals surface area contributed by atoms with Crippen LogP contribution in [0.25, 0.3) is 0 Å². The maximum absolute atomic E-state index is 9.62. The molecule has 1 aromatic rings. The number of benzene rings is 1. The second-order valence-electron chi connectivity index (χ2n) is 2.21. The second-order valence-corrected chi connectivity index (χ2v) is 4.49. The van der Waals surface area contributed by atoms with Gasteiger partial charge in [-0.15, -0.1) is 0 Å². The Kier molecular flexibility index (Phi) is 5.69. The molecular formula is C8H8Cl3NO2. The number of carboxylic acid groups (broad SMARTS) is 1. The van der Waals surface area contributed by atoms with Crippen LogP contribution in [0.1, 0.15) is 0 Å². The summed E-state index contributed by atoms with van der Waals surface area (Å²) < 4.78 is -2.17. The SMILES string of the molecule is Nc1ccccc1.O=C(O)C(Cl)(Cl)Cl. The number of carbonyl (C=O) groups is 1. The minimum Gasteiger partial charge on any atom is -0.478 e. The molecule has 0 aromatic heterocycles. The van der Waals surface area contributed by atoms with Crippen molar-refractivity contribution >= 4 is 46.5 Å². The fourth-order valence-corrected chi connectivity index (χ4v) is 0.453. The number of carboxylic acids is 1. The Morgan fingerprint density at radius 3 is 1.71 bits per heavy atom. The lowest BCUT2D eigenvalue weighted by Gasteiger charge is -1.99. The van der Waals surface area contributed by atoms with E-state index in [1.165, 1.54) is 0 Å². The van der Waals surface area contributed by atoms with Crippen LogP contribution in [-0.2, 0) is 4.79 Å². The second kappa shape index (κ2) is 5.96. The normalized spacial score (nSPS) is 9.93. The van der Waals surface area contributed by atoms with Crippen molar-refractivity contribution in [1.29, 1.82) is 0 Å². The van der Waals surface area contributed by atoms with E-state index < -0.39 is 9.76 Å². The number of rotatable bonds is 0. The van der Waals surface area contributed by atoms with Crippen LogP contribution < -0.4 is 5.73 Å². The minimum atomic E-state index is -2.17. The van der Waals surface area contributed by atoms with E-state index in [1.54, 1.807) is 0 Å². The van der Waals surface area contributed by atoms with Crippen molar-refractivity contribution in [3.63, 3.8) is 0 Å². The van der Waals surface area contributed by atoms with Crippen molar-refractivity contribution in [2.24, 2.45) is 0 Å². The number of anilines is 1. The highest BCUT2D eigenvalue weighted by Crippen LogP contribution is 2.25. The highest BCUT2D eigenvalue weighted by molar-refractivity contribution is 6.75. The molecule has 0 unspecified atom stereocenters. The predicted molar refractivity (Wildman–Crippen MR) is 58.8 cm³/mol. The van der Waals surface area contributed by atoms with Crippen LogP contribution in [0.3, 0.4) is 0 Å². The van der Waals surface area contributed by atoms with Gasteiger partial charge in [0.1, 0.15) is 0 Å².